The lowest BCUT2D eigenvalue weighted by molar-refractivity contribution is 0.0991. The first-order valence-corrected chi connectivity index (χ1v) is 36.0. The van der Waals surface area contributed by atoms with E-state index >= 15 is 0 Å². The molecule has 20 heteroatoms. The van der Waals surface area contributed by atoms with Gasteiger partial charge in [0.1, 0.15) is 48.6 Å². The first-order valence-electron chi connectivity index (χ1n) is 36.0. The molecule has 2 fully saturated rings. The highest BCUT2D eigenvalue weighted by atomic mass is 16.6. The van der Waals surface area contributed by atoms with Gasteiger partial charge in [0.25, 0.3) is 0 Å². The Bertz CT molecular complexity index is 3750. The smallest absolute Gasteiger partial charge is 0.410 e. The maximum atomic E-state index is 11.5. The molecular formula is C79H106N12O8. The van der Waals surface area contributed by atoms with Crippen LogP contribution in [0.5, 0.6) is 23.5 Å². The van der Waals surface area contributed by atoms with Crippen molar-refractivity contribution in [1.29, 1.82) is 0 Å². The van der Waals surface area contributed by atoms with Gasteiger partial charge in [0.2, 0.25) is 0 Å². The van der Waals surface area contributed by atoms with Gasteiger partial charge >= 0.3 is 24.2 Å². The van der Waals surface area contributed by atoms with Gasteiger partial charge in [-0.05, 0) is 147 Å². The zero-order chi connectivity index (χ0) is 70.0. The van der Waals surface area contributed by atoms with Crippen LogP contribution in [0.1, 0.15) is 140 Å². The van der Waals surface area contributed by atoms with Gasteiger partial charge in [-0.3, -0.25) is 4.90 Å². The van der Waals surface area contributed by atoms with Crippen molar-refractivity contribution in [2.45, 2.75) is 170 Å². The summed E-state index contributed by atoms with van der Waals surface area (Å²) in [5.41, 5.74) is 21.1. The molecule has 2 amide bonds. The van der Waals surface area contributed by atoms with Crippen molar-refractivity contribution >= 4 is 56.7 Å². The minimum Gasteiger partial charge on any atom is -0.493 e. The van der Waals surface area contributed by atoms with Gasteiger partial charge < -0.3 is 64.8 Å². The molecule has 4 atom stereocenters. The van der Waals surface area contributed by atoms with Crippen molar-refractivity contribution in [1.82, 2.24) is 40.0 Å². The SMILES string of the molecule is CCCCOc1cc(N2CCc3c(N)nc(O[C@H](C)[C@H]4CCCN4)nc3C2)c2ccccc2c1.CCCCOc1cc(N2CCc3c(N)nc(O[C@H](C)[C@H]4CCCN4C)nc3C2)c2ccccc2c1.CCN(CC)C(=O)OCc1ccccc1.CCN(CC)C(=O)OCc1ccccc1. The van der Waals surface area contributed by atoms with E-state index in [1.54, 1.807) is 9.80 Å². The molecule has 0 saturated carbocycles. The highest BCUT2D eigenvalue weighted by Crippen LogP contribution is 2.38. The summed E-state index contributed by atoms with van der Waals surface area (Å²) in [5.74, 6) is 2.90. The number of ether oxygens (including phenoxy) is 6. The van der Waals surface area contributed by atoms with Gasteiger partial charge in [-0.1, -0.05) is 136 Å². The zero-order valence-electron chi connectivity index (χ0n) is 59.9. The number of nitrogens with zero attached hydrogens (tertiary/aromatic N) is 9. The Labute approximate surface area is 586 Å². The number of amides is 2. The molecular weight excluding hydrogens is 1240 g/mol. The lowest BCUT2D eigenvalue weighted by atomic mass is 10.0. The summed E-state index contributed by atoms with van der Waals surface area (Å²) in [6, 6.07) is 46.4. The molecule has 20 nitrogen and oxygen atoms in total. The molecule has 0 aliphatic carbocycles. The Morgan fingerprint density at radius 1 is 0.556 bits per heavy atom. The molecule has 99 heavy (non-hydrogen) atoms. The van der Waals surface area contributed by atoms with E-state index in [4.69, 9.17) is 49.9 Å². The highest BCUT2D eigenvalue weighted by Gasteiger charge is 2.31. The Morgan fingerprint density at radius 3 is 1.41 bits per heavy atom. The molecule has 4 aliphatic heterocycles. The number of hydrogen-bond donors (Lipinski definition) is 3. The predicted octanol–water partition coefficient (Wildman–Crippen LogP) is 14.6. The van der Waals surface area contributed by atoms with Gasteiger partial charge in [-0.2, -0.15) is 19.9 Å². The number of nitrogen functional groups attached to an aromatic ring is 2. The first-order chi connectivity index (χ1) is 48.2. The molecule has 12 rings (SSSR count). The van der Waals surface area contributed by atoms with Crippen LogP contribution in [0.2, 0.25) is 0 Å². The second-order valence-corrected chi connectivity index (χ2v) is 25.7. The van der Waals surface area contributed by atoms with Crippen LogP contribution in [0.4, 0.5) is 32.6 Å². The predicted molar refractivity (Wildman–Crippen MR) is 397 cm³/mol. The largest absolute Gasteiger partial charge is 0.493 e. The van der Waals surface area contributed by atoms with Crippen LogP contribution in [0.15, 0.2) is 133 Å². The minimum absolute atomic E-state index is 0.000498. The molecule has 0 bridgehead atoms. The van der Waals surface area contributed by atoms with E-state index in [2.05, 4.69) is 138 Å². The van der Waals surface area contributed by atoms with E-state index in [1.807, 2.05) is 88.4 Å². The maximum Gasteiger partial charge on any atom is 0.410 e. The summed E-state index contributed by atoms with van der Waals surface area (Å²) in [7, 11) is 2.15. The Morgan fingerprint density at radius 2 is 1.00 bits per heavy atom. The zero-order valence-corrected chi connectivity index (χ0v) is 59.9. The Kier molecular flexibility index (Phi) is 28.2. The average molecular weight is 1350 g/mol. The molecule has 530 valence electrons. The van der Waals surface area contributed by atoms with Crippen LogP contribution in [0.25, 0.3) is 21.5 Å². The number of unbranched alkanes of at least 4 members (excludes halogenated alkanes) is 2. The molecule has 4 aliphatic rings. The fraction of sp³-hybridized carbons (Fsp3) is 0.468. The number of fused-ring (bicyclic) bond motifs is 4. The molecule has 0 unspecified atom stereocenters. The van der Waals surface area contributed by atoms with Gasteiger partial charge in [0, 0.05) is 96.8 Å². The number of aromatic nitrogens is 4. The van der Waals surface area contributed by atoms with E-state index in [0.717, 1.165) is 136 Å². The van der Waals surface area contributed by atoms with Gasteiger partial charge in [0.05, 0.1) is 37.7 Å². The average Bonchev–Trinajstić information content (AvgIpc) is 0.846. The molecule has 6 aromatic carbocycles. The number of hydrogen-bond acceptors (Lipinski definition) is 18. The number of nitrogens with one attached hydrogen (secondary N) is 1. The molecule has 0 spiro atoms. The van der Waals surface area contributed by atoms with Crippen molar-refractivity contribution in [2.75, 3.05) is 93.9 Å². The fourth-order valence-corrected chi connectivity index (χ4v) is 13.0. The van der Waals surface area contributed by atoms with Crippen molar-refractivity contribution in [3.8, 4) is 23.5 Å². The summed E-state index contributed by atoms with van der Waals surface area (Å²) in [5, 5.41) is 8.29. The van der Waals surface area contributed by atoms with Gasteiger partial charge in [-0.25, -0.2) is 9.59 Å². The van der Waals surface area contributed by atoms with Crippen molar-refractivity contribution in [3.63, 3.8) is 0 Å². The van der Waals surface area contributed by atoms with E-state index < -0.39 is 0 Å². The third-order valence-electron chi connectivity index (χ3n) is 18.8. The Hall–Kier alpha value is -9.14. The van der Waals surface area contributed by atoms with Crippen LogP contribution in [-0.4, -0.2) is 144 Å². The standard InChI is InChI=1S/C28H37N5O2.C27H35N5O2.2C12H17NO2/c1-4-5-15-34-21-16-20-9-6-7-10-22(20)26(17-21)33-14-12-23-24(18-33)30-28(31-27(23)29)35-19(2)25-11-8-13-32(25)3;1-3-4-14-33-20-15-19-8-5-6-9-21(19)25(16-20)32-13-11-22-24(17-32)30-27(31-26(22)28)34-18(2)23-10-7-12-29-23;2*1-3-13(4-2)12(14)15-10-11-8-6-5-7-9-11/h6-7,9-10,16-17,19,25H,4-5,8,11-15,18H2,1-3H3,(H2,29,30,31);5-6,8-9,15-16,18,23,29H,3-4,7,10-14,17H2,1-2H3,(H2,28,30,31);2*5-9H,3-4,10H2,1-2H3/t19-,25-;18-,23-;;/m11../s1. The summed E-state index contributed by atoms with van der Waals surface area (Å²) in [4.78, 5) is 52.0. The fourth-order valence-electron chi connectivity index (χ4n) is 13.0. The van der Waals surface area contributed by atoms with E-state index in [1.165, 1.54) is 45.8 Å². The number of nitrogens with two attached hydrogens (primary N) is 2. The number of carbonyl (C=O) groups is 2. The lowest BCUT2D eigenvalue weighted by Gasteiger charge is -2.32. The molecule has 0 radical (unpaired) electrons. The summed E-state index contributed by atoms with van der Waals surface area (Å²) < 4.78 is 34.8. The molecule has 6 heterocycles. The van der Waals surface area contributed by atoms with Crippen LogP contribution in [0.3, 0.4) is 0 Å². The number of benzene rings is 6. The van der Waals surface area contributed by atoms with Crippen LogP contribution in [0, 0.1) is 0 Å². The number of anilines is 4. The Balaban J connectivity index is 0.000000166. The molecule has 2 aromatic heterocycles. The van der Waals surface area contributed by atoms with Crippen molar-refractivity contribution < 1.29 is 38.0 Å². The summed E-state index contributed by atoms with van der Waals surface area (Å²) in [6.45, 7) is 26.4. The first kappa shape index (κ1) is 74.1. The third kappa shape index (κ3) is 20.7. The van der Waals surface area contributed by atoms with E-state index in [9.17, 15) is 9.59 Å². The van der Waals surface area contributed by atoms with Crippen LogP contribution < -0.4 is 45.5 Å². The number of carbonyl (C=O) groups excluding carboxylic acids is 2. The lowest BCUT2D eigenvalue weighted by Crippen LogP contribution is -2.38. The number of likely N-dealkylation sites (tertiary alicyclic amines) is 1. The van der Waals surface area contributed by atoms with Gasteiger partial charge in [-0.15, -0.1) is 0 Å². The monoisotopic (exact) mass is 1350 g/mol. The molecule has 8 aromatic rings. The molecule has 2 saturated heterocycles. The number of likely N-dealkylation sites (N-methyl/N-ethyl adjacent to an activating group) is 1. The second kappa shape index (κ2) is 37.7. The summed E-state index contributed by atoms with van der Waals surface area (Å²) in [6.07, 6.45) is 10.1. The van der Waals surface area contributed by atoms with E-state index in [-0.39, 0.29) is 24.4 Å². The van der Waals surface area contributed by atoms with Gasteiger partial charge in [0.15, 0.2) is 0 Å². The van der Waals surface area contributed by atoms with Crippen LogP contribution >= 0.6 is 0 Å². The normalized spacial score (nSPS) is 16.1. The molecule has 5 N–H and O–H groups in total. The quantitative estimate of drug-likeness (QED) is 0.0479. The van der Waals surface area contributed by atoms with Crippen molar-refractivity contribution in [3.05, 3.63) is 167 Å². The van der Waals surface area contributed by atoms with E-state index in [0.29, 0.717) is 88.2 Å². The number of rotatable bonds is 24. The maximum absolute atomic E-state index is 11.5. The minimum atomic E-state index is -0.246. The summed E-state index contributed by atoms with van der Waals surface area (Å²) >= 11 is 0. The third-order valence-corrected chi connectivity index (χ3v) is 18.8. The van der Waals surface area contributed by atoms with Crippen molar-refractivity contribution in [2.24, 2.45) is 0 Å². The second-order valence-electron chi connectivity index (χ2n) is 25.7. The topological polar surface area (TPSA) is 221 Å². The highest BCUT2D eigenvalue weighted by molar-refractivity contribution is 5.97. The van der Waals surface area contributed by atoms with Crippen LogP contribution in [-0.2, 0) is 48.6 Å².